The summed E-state index contributed by atoms with van der Waals surface area (Å²) in [6.45, 7) is 4.32. The molecule has 11 heteroatoms. The second-order valence-corrected chi connectivity index (χ2v) is 10.2. The van der Waals surface area contributed by atoms with Crippen molar-refractivity contribution >= 4 is 38.6 Å². The standard InChI is InChI=1S/C24H26N4O6S/c1-3-28-21-10-9-17(13-20(21)25-16(2)23(28)30)24(31)34-15-22(29)26-18-7-6-8-19(14-18)35(32,33)27-11-4-5-12-27/h6-10,13-14H,3-5,11-12,15H2,1-2H3,(H,26,29). The molecule has 2 heterocycles. The lowest BCUT2D eigenvalue weighted by Gasteiger charge is -2.16. The second-order valence-electron chi connectivity index (χ2n) is 8.21. The molecule has 184 valence electrons. The average molecular weight is 499 g/mol. The molecule has 0 unspecified atom stereocenters. The van der Waals surface area contributed by atoms with Gasteiger partial charge < -0.3 is 14.6 Å². The first-order valence-corrected chi connectivity index (χ1v) is 12.7. The first kappa shape index (κ1) is 24.6. The zero-order chi connectivity index (χ0) is 25.2. The van der Waals surface area contributed by atoms with Crippen LogP contribution in [0.25, 0.3) is 11.0 Å². The highest BCUT2D eigenvalue weighted by Crippen LogP contribution is 2.23. The van der Waals surface area contributed by atoms with Crippen molar-refractivity contribution in [1.29, 1.82) is 0 Å². The van der Waals surface area contributed by atoms with E-state index in [1.807, 2.05) is 6.92 Å². The number of nitrogens with zero attached hydrogens (tertiary/aromatic N) is 3. The van der Waals surface area contributed by atoms with Crippen LogP contribution >= 0.6 is 0 Å². The number of benzene rings is 2. The maximum Gasteiger partial charge on any atom is 0.338 e. The SMILES string of the molecule is CCn1c(=O)c(C)nc2cc(C(=O)OCC(=O)Nc3cccc(S(=O)(=O)N4CCCC4)c3)ccc21. The van der Waals surface area contributed by atoms with Crippen LogP contribution in [0.5, 0.6) is 0 Å². The minimum Gasteiger partial charge on any atom is -0.452 e. The molecule has 0 atom stereocenters. The highest BCUT2D eigenvalue weighted by atomic mass is 32.2. The fraction of sp³-hybridized carbons (Fsp3) is 0.333. The van der Waals surface area contributed by atoms with E-state index in [-0.39, 0.29) is 21.7 Å². The lowest BCUT2D eigenvalue weighted by Crippen LogP contribution is -2.28. The fourth-order valence-electron chi connectivity index (χ4n) is 4.04. The number of amides is 1. The van der Waals surface area contributed by atoms with E-state index in [1.165, 1.54) is 28.6 Å². The Bertz CT molecular complexity index is 1460. The van der Waals surface area contributed by atoms with E-state index < -0.39 is 28.5 Å². The number of ether oxygens (including phenoxy) is 1. The van der Waals surface area contributed by atoms with Crippen LogP contribution in [0.1, 0.15) is 35.8 Å². The van der Waals surface area contributed by atoms with Gasteiger partial charge in [0.2, 0.25) is 10.0 Å². The van der Waals surface area contributed by atoms with Crippen LogP contribution in [-0.4, -0.2) is 53.8 Å². The summed E-state index contributed by atoms with van der Waals surface area (Å²) >= 11 is 0. The molecule has 1 aliphatic rings. The third-order valence-corrected chi connectivity index (χ3v) is 7.71. The molecule has 1 N–H and O–H groups in total. The van der Waals surface area contributed by atoms with E-state index in [2.05, 4.69) is 10.3 Å². The summed E-state index contributed by atoms with van der Waals surface area (Å²) in [6.07, 6.45) is 1.65. The molecule has 1 saturated heterocycles. The van der Waals surface area contributed by atoms with E-state index in [0.717, 1.165) is 12.8 Å². The number of esters is 1. The molecule has 2 aromatic carbocycles. The summed E-state index contributed by atoms with van der Waals surface area (Å²) in [5, 5.41) is 2.56. The number of carbonyl (C=O) groups excluding carboxylic acids is 2. The van der Waals surface area contributed by atoms with Gasteiger partial charge in [0.05, 0.1) is 21.5 Å². The minimum absolute atomic E-state index is 0.0960. The number of rotatable bonds is 7. The maximum atomic E-state index is 12.7. The summed E-state index contributed by atoms with van der Waals surface area (Å²) < 4.78 is 33.6. The largest absolute Gasteiger partial charge is 0.452 e. The van der Waals surface area contributed by atoms with E-state index in [9.17, 15) is 22.8 Å². The van der Waals surface area contributed by atoms with Crippen molar-refractivity contribution in [3.8, 4) is 0 Å². The molecule has 35 heavy (non-hydrogen) atoms. The number of hydrogen-bond acceptors (Lipinski definition) is 7. The van der Waals surface area contributed by atoms with Crippen LogP contribution in [0.15, 0.2) is 52.2 Å². The number of fused-ring (bicyclic) bond motifs is 1. The Morgan fingerprint density at radius 3 is 2.57 bits per heavy atom. The molecular formula is C24H26N4O6S. The first-order valence-electron chi connectivity index (χ1n) is 11.3. The highest BCUT2D eigenvalue weighted by Gasteiger charge is 2.27. The molecule has 3 aromatic rings. The van der Waals surface area contributed by atoms with E-state index in [0.29, 0.717) is 36.4 Å². The molecule has 1 aromatic heterocycles. The smallest absolute Gasteiger partial charge is 0.338 e. The van der Waals surface area contributed by atoms with Gasteiger partial charge in [-0.3, -0.25) is 9.59 Å². The Labute approximate surface area is 202 Å². The monoisotopic (exact) mass is 498 g/mol. The molecule has 0 radical (unpaired) electrons. The molecule has 1 fully saturated rings. The summed E-state index contributed by atoms with van der Waals surface area (Å²) in [5.74, 6) is -1.33. The van der Waals surface area contributed by atoms with Gasteiger partial charge in [0.1, 0.15) is 5.69 Å². The predicted octanol–water partition coefficient (Wildman–Crippen LogP) is 2.30. The molecular weight excluding hydrogens is 472 g/mol. The Morgan fingerprint density at radius 2 is 1.86 bits per heavy atom. The third-order valence-electron chi connectivity index (χ3n) is 5.82. The maximum absolute atomic E-state index is 12.7. The third kappa shape index (κ3) is 5.10. The fourth-order valence-corrected chi connectivity index (χ4v) is 5.60. The van der Waals surface area contributed by atoms with Crippen molar-refractivity contribution in [2.45, 2.75) is 38.1 Å². The summed E-state index contributed by atoms with van der Waals surface area (Å²) in [5.41, 5.74) is 1.67. The van der Waals surface area contributed by atoms with Crippen molar-refractivity contribution in [2.24, 2.45) is 0 Å². The van der Waals surface area contributed by atoms with Gasteiger partial charge in [0.25, 0.3) is 11.5 Å². The van der Waals surface area contributed by atoms with Crippen LogP contribution in [0, 0.1) is 6.92 Å². The number of aromatic nitrogens is 2. The molecule has 1 aliphatic heterocycles. The average Bonchev–Trinajstić information content (AvgIpc) is 3.39. The highest BCUT2D eigenvalue weighted by molar-refractivity contribution is 7.89. The van der Waals surface area contributed by atoms with Gasteiger partial charge in [0, 0.05) is 25.3 Å². The van der Waals surface area contributed by atoms with Gasteiger partial charge in [-0.25, -0.2) is 18.2 Å². The quantitative estimate of drug-likeness (QED) is 0.495. The van der Waals surface area contributed by atoms with Gasteiger partial charge in [-0.05, 0) is 63.1 Å². The molecule has 0 bridgehead atoms. The molecule has 10 nitrogen and oxygen atoms in total. The zero-order valence-electron chi connectivity index (χ0n) is 19.5. The van der Waals surface area contributed by atoms with Crippen molar-refractivity contribution in [3.63, 3.8) is 0 Å². The normalized spacial score (nSPS) is 14.2. The summed E-state index contributed by atoms with van der Waals surface area (Å²) in [7, 11) is -3.62. The van der Waals surface area contributed by atoms with Crippen LogP contribution in [0.4, 0.5) is 5.69 Å². The van der Waals surface area contributed by atoms with Crippen molar-refractivity contribution in [1.82, 2.24) is 13.9 Å². The number of carbonyl (C=O) groups is 2. The van der Waals surface area contributed by atoms with Gasteiger partial charge >= 0.3 is 5.97 Å². The predicted molar refractivity (Wildman–Crippen MR) is 130 cm³/mol. The van der Waals surface area contributed by atoms with Gasteiger partial charge in [-0.2, -0.15) is 4.31 Å². The Kier molecular flexibility index (Phi) is 6.99. The van der Waals surface area contributed by atoms with Crippen LogP contribution < -0.4 is 10.9 Å². The van der Waals surface area contributed by atoms with Gasteiger partial charge in [-0.1, -0.05) is 6.07 Å². The number of nitrogens with one attached hydrogen (secondary N) is 1. The summed E-state index contributed by atoms with van der Waals surface area (Å²) in [4.78, 5) is 41.4. The topological polar surface area (TPSA) is 128 Å². The zero-order valence-corrected chi connectivity index (χ0v) is 20.3. The molecule has 4 rings (SSSR count). The molecule has 0 aliphatic carbocycles. The van der Waals surface area contributed by atoms with Gasteiger partial charge in [-0.15, -0.1) is 0 Å². The number of hydrogen-bond donors (Lipinski definition) is 1. The second kappa shape index (κ2) is 9.96. The van der Waals surface area contributed by atoms with Gasteiger partial charge in [0.15, 0.2) is 6.61 Å². The van der Waals surface area contributed by atoms with Crippen molar-refractivity contribution in [2.75, 3.05) is 25.0 Å². The van der Waals surface area contributed by atoms with E-state index in [1.54, 1.807) is 29.7 Å². The number of anilines is 1. The molecule has 0 saturated carbocycles. The number of aryl methyl sites for hydroxylation is 2. The lowest BCUT2D eigenvalue weighted by molar-refractivity contribution is -0.119. The first-order chi connectivity index (χ1) is 16.7. The Balaban J connectivity index is 1.42. The Hall–Kier alpha value is -3.57. The lowest BCUT2D eigenvalue weighted by atomic mass is 10.2. The molecule has 0 spiro atoms. The molecule has 1 amide bonds. The Morgan fingerprint density at radius 1 is 1.11 bits per heavy atom. The van der Waals surface area contributed by atoms with Crippen LogP contribution in [-0.2, 0) is 26.1 Å². The minimum atomic E-state index is -3.62. The van der Waals surface area contributed by atoms with Crippen LogP contribution in [0.2, 0.25) is 0 Å². The van der Waals surface area contributed by atoms with E-state index >= 15 is 0 Å². The van der Waals surface area contributed by atoms with E-state index in [4.69, 9.17) is 4.74 Å². The van der Waals surface area contributed by atoms with Crippen LogP contribution in [0.3, 0.4) is 0 Å². The number of sulfonamides is 1. The van der Waals surface area contributed by atoms with Crippen molar-refractivity contribution < 1.29 is 22.7 Å². The van der Waals surface area contributed by atoms with Crippen molar-refractivity contribution in [3.05, 3.63) is 64.1 Å². The summed E-state index contributed by atoms with van der Waals surface area (Å²) in [6, 6.07) is 10.6.